The van der Waals surface area contributed by atoms with Crippen molar-refractivity contribution in [3.05, 3.63) is 50.2 Å². The molecule has 0 aliphatic heterocycles. The van der Waals surface area contributed by atoms with Crippen LogP contribution in [0.3, 0.4) is 0 Å². The Bertz CT molecular complexity index is 1190. The van der Waals surface area contributed by atoms with Gasteiger partial charge in [-0.05, 0) is 30.7 Å². The minimum Gasteiger partial charge on any atom is -0.267 e. The number of benzene rings is 1. The number of nitrogens with zero attached hydrogens (tertiary/aromatic N) is 3. The van der Waals surface area contributed by atoms with Crippen LogP contribution in [0.25, 0.3) is 26.6 Å². The number of thiophene rings is 1. The molecule has 3 heterocycles. The average molecular weight is 356 g/mol. The summed E-state index contributed by atoms with van der Waals surface area (Å²) >= 11 is 7.96. The smallest absolute Gasteiger partial charge is 0.267 e. The lowest BCUT2D eigenvalue weighted by Crippen LogP contribution is -2.19. The zero-order valence-electron chi connectivity index (χ0n) is 13.0. The zero-order chi connectivity index (χ0) is 16.4. The number of rotatable bonds is 0. The lowest BCUT2D eigenvalue weighted by Gasteiger charge is -2.17. The van der Waals surface area contributed by atoms with Crippen molar-refractivity contribution in [1.82, 2.24) is 14.6 Å². The molecule has 24 heavy (non-hydrogen) atoms. The van der Waals surface area contributed by atoms with Gasteiger partial charge in [0.1, 0.15) is 4.83 Å². The van der Waals surface area contributed by atoms with E-state index >= 15 is 0 Å². The molecule has 1 aromatic carbocycles. The molecule has 1 unspecified atom stereocenters. The molecule has 0 saturated heterocycles. The molecule has 0 N–H and O–H groups in total. The van der Waals surface area contributed by atoms with Gasteiger partial charge in [-0.3, -0.25) is 4.79 Å². The maximum absolute atomic E-state index is 13.1. The summed E-state index contributed by atoms with van der Waals surface area (Å²) in [5.41, 5.74) is 1.65. The predicted molar refractivity (Wildman–Crippen MR) is 98.3 cm³/mol. The topological polar surface area (TPSA) is 47.3 Å². The van der Waals surface area contributed by atoms with E-state index in [0.29, 0.717) is 16.7 Å². The summed E-state index contributed by atoms with van der Waals surface area (Å²) in [6.07, 6.45) is 3.10. The number of halogens is 1. The van der Waals surface area contributed by atoms with Gasteiger partial charge in [-0.2, -0.15) is 9.61 Å². The third kappa shape index (κ3) is 1.88. The summed E-state index contributed by atoms with van der Waals surface area (Å²) < 4.78 is 1.37. The van der Waals surface area contributed by atoms with Crippen molar-refractivity contribution in [3.63, 3.8) is 0 Å². The van der Waals surface area contributed by atoms with Gasteiger partial charge in [-0.1, -0.05) is 42.8 Å². The van der Waals surface area contributed by atoms with E-state index < -0.39 is 0 Å². The van der Waals surface area contributed by atoms with Crippen LogP contribution >= 0.6 is 22.9 Å². The van der Waals surface area contributed by atoms with Gasteiger partial charge < -0.3 is 0 Å². The maximum Gasteiger partial charge on any atom is 0.283 e. The van der Waals surface area contributed by atoms with Gasteiger partial charge in [0, 0.05) is 15.6 Å². The molecule has 6 heteroatoms. The molecule has 3 aromatic heterocycles. The highest BCUT2D eigenvalue weighted by Crippen LogP contribution is 2.36. The highest BCUT2D eigenvalue weighted by atomic mass is 35.5. The van der Waals surface area contributed by atoms with Crippen LogP contribution in [0.15, 0.2) is 29.1 Å². The summed E-state index contributed by atoms with van der Waals surface area (Å²) in [5.74, 6) is 0.663. The van der Waals surface area contributed by atoms with E-state index in [1.807, 2.05) is 24.3 Å². The molecule has 0 fully saturated rings. The minimum atomic E-state index is -0.102. The molecule has 0 radical (unpaired) electrons. The Labute approximate surface area is 146 Å². The molecular weight excluding hydrogens is 342 g/mol. The monoisotopic (exact) mass is 355 g/mol. The van der Waals surface area contributed by atoms with Gasteiger partial charge in [-0.25, -0.2) is 4.98 Å². The van der Waals surface area contributed by atoms with E-state index in [4.69, 9.17) is 16.6 Å². The van der Waals surface area contributed by atoms with Crippen molar-refractivity contribution in [2.45, 2.75) is 26.2 Å². The minimum absolute atomic E-state index is 0.102. The Morgan fingerprint density at radius 3 is 2.92 bits per heavy atom. The van der Waals surface area contributed by atoms with Crippen LogP contribution < -0.4 is 5.56 Å². The van der Waals surface area contributed by atoms with Crippen LogP contribution in [0.2, 0.25) is 5.15 Å². The molecule has 0 bridgehead atoms. The quantitative estimate of drug-likeness (QED) is 0.443. The summed E-state index contributed by atoms with van der Waals surface area (Å²) in [6, 6.07) is 7.68. The van der Waals surface area contributed by atoms with Crippen molar-refractivity contribution >= 4 is 49.6 Å². The molecule has 4 nitrogen and oxygen atoms in total. The molecule has 0 amide bonds. The Balaban J connectivity index is 1.98. The maximum atomic E-state index is 13.1. The van der Waals surface area contributed by atoms with E-state index in [9.17, 15) is 4.79 Å². The highest BCUT2D eigenvalue weighted by Gasteiger charge is 2.24. The van der Waals surface area contributed by atoms with E-state index in [0.717, 1.165) is 40.3 Å². The van der Waals surface area contributed by atoms with Gasteiger partial charge in [0.05, 0.1) is 5.39 Å². The predicted octanol–water partition coefficient (Wildman–Crippen LogP) is 4.24. The van der Waals surface area contributed by atoms with Gasteiger partial charge in [0.15, 0.2) is 10.8 Å². The van der Waals surface area contributed by atoms with Crippen molar-refractivity contribution in [1.29, 1.82) is 0 Å². The number of aryl methyl sites for hydroxylation is 1. The first-order chi connectivity index (χ1) is 11.6. The van der Waals surface area contributed by atoms with Crippen LogP contribution in [0.5, 0.6) is 0 Å². The molecule has 1 aliphatic rings. The molecule has 5 rings (SSSR count). The molecule has 0 saturated carbocycles. The largest absolute Gasteiger partial charge is 0.283 e. The van der Waals surface area contributed by atoms with Gasteiger partial charge in [0.25, 0.3) is 5.56 Å². The summed E-state index contributed by atoms with van der Waals surface area (Å²) in [4.78, 5) is 20.0. The molecular formula is C18H14ClN3OS. The first kappa shape index (κ1) is 14.4. The van der Waals surface area contributed by atoms with Crippen LogP contribution in [0.1, 0.15) is 23.8 Å². The second kappa shape index (κ2) is 5.01. The first-order valence-electron chi connectivity index (χ1n) is 8.05. The Kier molecular flexibility index (Phi) is 3.00. The number of hydrogen-bond acceptors (Lipinski definition) is 4. The molecule has 4 aromatic rings. The Hall–Kier alpha value is -1.98. The summed E-state index contributed by atoms with van der Waals surface area (Å²) in [5, 5.41) is 7.05. The second-order valence-electron chi connectivity index (χ2n) is 6.52. The zero-order valence-corrected chi connectivity index (χ0v) is 14.6. The Morgan fingerprint density at radius 1 is 1.29 bits per heavy atom. The van der Waals surface area contributed by atoms with Crippen molar-refractivity contribution < 1.29 is 0 Å². The van der Waals surface area contributed by atoms with E-state index in [2.05, 4.69) is 12.0 Å². The number of aromatic nitrogens is 3. The van der Waals surface area contributed by atoms with Crippen LogP contribution in [0.4, 0.5) is 0 Å². The molecule has 1 aliphatic carbocycles. The third-order valence-electron chi connectivity index (χ3n) is 4.89. The summed E-state index contributed by atoms with van der Waals surface area (Å²) in [7, 11) is 0. The fraction of sp³-hybridized carbons (Fsp3) is 0.278. The lowest BCUT2D eigenvalue weighted by molar-refractivity contribution is 0.509. The van der Waals surface area contributed by atoms with E-state index in [1.165, 1.54) is 15.0 Å². The molecule has 0 spiro atoms. The van der Waals surface area contributed by atoms with Gasteiger partial charge in [0.2, 0.25) is 0 Å². The molecule has 120 valence electrons. The van der Waals surface area contributed by atoms with Crippen molar-refractivity contribution in [2.24, 2.45) is 5.92 Å². The average Bonchev–Trinajstić information content (AvgIpc) is 2.94. The standard InChI is InChI=1S/C18H14ClN3OS/c1-9-6-7-12-13(8-9)24-17-14(12)18(23)22-16(20-17)11-5-3-2-4-10(11)15(19)21-22/h2-5,9H,6-8H2,1H3. The third-order valence-corrected chi connectivity index (χ3v) is 6.31. The molecule has 1 atom stereocenters. The highest BCUT2D eigenvalue weighted by molar-refractivity contribution is 7.18. The van der Waals surface area contributed by atoms with Crippen LogP contribution in [0, 0.1) is 5.92 Å². The fourth-order valence-electron chi connectivity index (χ4n) is 3.65. The fourth-order valence-corrected chi connectivity index (χ4v) is 5.26. The van der Waals surface area contributed by atoms with Gasteiger partial charge >= 0.3 is 0 Å². The van der Waals surface area contributed by atoms with Gasteiger partial charge in [-0.15, -0.1) is 11.3 Å². The van der Waals surface area contributed by atoms with E-state index in [-0.39, 0.29) is 5.56 Å². The van der Waals surface area contributed by atoms with E-state index in [1.54, 1.807) is 11.3 Å². The lowest BCUT2D eigenvalue weighted by atomic mass is 9.89. The summed E-state index contributed by atoms with van der Waals surface area (Å²) in [6.45, 7) is 2.26. The van der Waals surface area contributed by atoms with Crippen molar-refractivity contribution in [3.8, 4) is 0 Å². The first-order valence-corrected chi connectivity index (χ1v) is 9.24. The number of hydrogen-bond donors (Lipinski definition) is 0. The van der Waals surface area contributed by atoms with Crippen LogP contribution in [-0.4, -0.2) is 14.6 Å². The second-order valence-corrected chi connectivity index (χ2v) is 7.96. The number of fused-ring (bicyclic) bond motifs is 6. The SMILES string of the molecule is CC1CCc2c(sc3nc4c5ccccc5c(Cl)nn4c(=O)c23)C1. The normalized spacial score (nSPS) is 17.7. The Morgan fingerprint density at radius 2 is 2.08 bits per heavy atom. The van der Waals surface area contributed by atoms with Crippen LogP contribution in [-0.2, 0) is 12.8 Å². The van der Waals surface area contributed by atoms with Crippen molar-refractivity contribution in [2.75, 3.05) is 0 Å².